The number of rotatable bonds is 13. The third-order valence-corrected chi connectivity index (χ3v) is 3.68. The van der Waals surface area contributed by atoms with Crippen LogP contribution >= 0.6 is 0 Å². The van der Waals surface area contributed by atoms with Crippen LogP contribution in [0.4, 0.5) is 0 Å². The summed E-state index contributed by atoms with van der Waals surface area (Å²) in [5.41, 5.74) is 0. The Labute approximate surface area is 161 Å². The summed E-state index contributed by atoms with van der Waals surface area (Å²) in [6, 6.07) is 0. The molecule has 0 aliphatic carbocycles. The molecule has 0 aromatic rings. The molecular weight excluding hydrogens is 311 g/mol. The van der Waals surface area contributed by atoms with E-state index in [1.54, 1.807) is 0 Å². The minimum absolute atomic E-state index is 0. The fourth-order valence-electron chi connectivity index (χ4n) is 1.75. The van der Waals surface area contributed by atoms with Gasteiger partial charge in [0.2, 0.25) is 10.4 Å². The number of hydrogen-bond donors (Lipinski definition) is 0. The molecule has 0 spiro atoms. The maximum Gasteiger partial charge on any atom is 1.00 e. The zero-order valence-electron chi connectivity index (χ0n) is 15.2. The van der Waals surface area contributed by atoms with Crippen LogP contribution in [0.25, 0.3) is 0 Å². The fraction of sp³-hybridized carbons (Fsp3) is 1.00. The van der Waals surface area contributed by atoms with Gasteiger partial charge in [-0.05, 0) is 6.42 Å². The van der Waals surface area contributed by atoms with E-state index < -0.39 is 10.4 Å². The Morgan fingerprint density at radius 2 is 1.05 bits per heavy atom. The zero-order chi connectivity index (χ0) is 16.4. The second-order valence-corrected chi connectivity index (χ2v) is 6.46. The maximum atomic E-state index is 10.1. The molecule has 6 heteroatoms. The molecule has 0 radical (unpaired) electrons. The molecule has 0 saturated carbocycles. The summed E-state index contributed by atoms with van der Waals surface area (Å²) in [5, 5.41) is 0. The van der Waals surface area contributed by atoms with Gasteiger partial charge >= 0.3 is 29.6 Å². The second-order valence-electron chi connectivity index (χ2n) is 5.41. The van der Waals surface area contributed by atoms with E-state index in [1.165, 1.54) is 57.8 Å². The van der Waals surface area contributed by atoms with E-state index in [9.17, 15) is 13.0 Å². The van der Waals surface area contributed by atoms with Crippen molar-refractivity contribution in [3.8, 4) is 0 Å². The molecule has 0 heterocycles. The van der Waals surface area contributed by atoms with E-state index in [4.69, 9.17) is 0 Å². The van der Waals surface area contributed by atoms with Crippen LogP contribution in [0, 0.1) is 0 Å². The molecule has 0 fully saturated rings. The SMILES string of the molecule is CCCC.CCCCCCCCCCCCOS(=O)(=O)[O-].[Na+]. The van der Waals surface area contributed by atoms with Crippen LogP contribution in [0.1, 0.15) is 97.8 Å². The summed E-state index contributed by atoms with van der Waals surface area (Å²) in [6.45, 7) is 6.60. The Morgan fingerprint density at radius 3 is 1.36 bits per heavy atom. The first kappa shape index (κ1) is 27.7. The summed E-state index contributed by atoms with van der Waals surface area (Å²) in [4.78, 5) is 0. The molecule has 0 N–H and O–H groups in total. The third-order valence-electron chi connectivity index (χ3n) is 3.23. The summed E-state index contributed by atoms with van der Waals surface area (Å²) in [7, 11) is -4.48. The van der Waals surface area contributed by atoms with E-state index in [0.29, 0.717) is 6.42 Å². The van der Waals surface area contributed by atoms with Gasteiger partial charge in [0.1, 0.15) is 0 Å². The van der Waals surface area contributed by atoms with Gasteiger partial charge in [-0.3, -0.25) is 4.18 Å². The molecule has 0 aliphatic rings. The summed E-state index contributed by atoms with van der Waals surface area (Å²) >= 11 is 0. The van der Waals surface area contributed by atoms with E-state index in [2.05, 4.69) is 25.0 Å². The molecule has 0 unspecified atom stereocenters. The van der Waals surface area contributed by atoms with Gasteiger partial charge in [-0.1, -0.05) is 91.4 Å². The number of unbranched alkanes of at least 4 members (excludes halogenated alkanes) is 10. The van der Waals surface area contributed by atoms with E-state index in [1.807, 2.05) is 0 Å². The van der Waals surface area contributed by atoms with Crippen molar-refractivity contribution >= 4 is 10.4 Å². The molecular formula is C16H35NaO4S. The summed E-state index contributed by atoms with van der Waals surface area (Å²) in [6.07, 6.45) is 14.3. The predicted molar refractivity (Wildman–Crippen MR) is 88.1 cm³/mol. The van der Waals surface area contributed by atoms with Crippen LogP contribution < -0.4 is 29.6 Å². The quantitative estimate of drug-likeness (QED) is 0.222. The minimum atomic E-state index is -4.48. The molecule has 0 aromatic carbocycles. The molecule has 0 amide bonds. The van der Waals surface area contributed by atoms with E-state index in [0.717, 1.165) is 12.8 Å². The van der Waals surface area contributed by atoms with E-state index in [-0.39, 0.29) is 36.2 Å². The first-order valence-electron chi connectivity index (χ1n) is 8.58. The molecule has 0 aliphatic heterocycles. The number of hydrogen-bond acceptors (Lipinski definition) is 4. The van der Waals surface area contributed by atoms with Gasteiger partial charge in [-0.2, -0.15) is 0 Å². The maximum absolute atomic E-state index is 10.1. The van der Waals surface area contributed by atoms with Crippen LogP contribution in [0.2, 0.25) is 0 Å². The molecule has 4 nitrogen and oxygen atoms in total. The van der Waals surface area contributed by atoms with Crippen molar-refractivity contribution < 1.29 is 46.7 Å². The van der Waals surface area contributed by atoms with Crippen LogP contribution in [0.5, 0.6) is 0 Å². The first-order valence-corrected chi connectivity index (χ1v) is 9.91. The van der Waals surface area contributed by atoms with Crippen molar-refractivity contribution in [1.29, 1.82) is 0 Å². The minimum Gasteiger partial charge on any atom is -0.726 e. The molecule has 22 heavy (non-hydrogen) atoms. The standard InChI is InChI=1S/C12H26O4S.C4H10.Na/c1-2-3-4-5-6-7-8-9-10-11-12-16-17(13,14)15;1-3-4-2;/h2-12H2,1H3,(H,13,14,15);3-4H2,1-2H3;/q;;+1/p-1. The monoisotopic (exact) mass is 346 g/mol. The second kappa shape index (κ2) is 21.9. The van der Waals surface area contributed by atoms with Crippen molar-refractivity contribution in [3.63, 3.8) is 0 Å². The third kappa shape index (κ3) is 32.7. The van der Waals surface area contributed by atoms with Crippen molar-refractivity contribution in [2.45, 2.75) is 97.8 Å². The molecule has 0 bridgehead atoms. The topological polar surface area (TPSA) is 66.4 Å². The Balaban J connectivity index is -0.000000640. The van der Waals surface area contributed by atoms with Crippen LogP contribution in [0.3, 0.4) is 0 Å². The Bertz CT molecular complexity index is 280. The van der Waals surface area contributed by atoms with Gasteiger partial charge in [0.25, 0.3) is 0 Å². The van der Waals surface area contributed by atoms with Gasteiger partial charge in [0.05, 0.1) is 6.61 Å². The van der Waals surface area contributed by atoms with Crippen LogP contribution in [-0.2, 0) is 14.6 Å². The Hall–Kier alpha value is 0.870. The van der Waals surface area contributed by atoms with Crippen LogP contribution in [0.15, 0.2) is 0 Å². The predicted octanol–water partition coefficient (Wildman–Crippen LogP) is 2.19. The van der Waals surface area contributed by atoms with Crippen LogP contribution in [-0.4, -0.2) is 19.6 Å². The zero-order valence-corrected chi connectivity index (χ0v) is 18.1. The fourth-order valence-corrected chi connectivity index (χ4v) is 2.07. The van der Waals surface area contributed by atoms with E-state index >= 15 is 0 Å². The summed E-state index contributed by atoms with van der Waals surface area (Å²) in [5.74, 6) is 0. The normalized spacial score (nSPS) is 10.5. The van der Waals surface area contributed by atoms with Gasteiger partial charge in [-0.25, -0.2) is 8.42 Å². The van der Waals surface area contributed by atoms with Crippen molar-refractivity contribution in [2.24, 2.45) is 0 Å². The smallest absolute Gasteiger partial charge is 0.726 e. The molecule has 130 valence electrons. The molecule has 0 atom stereocenters. The van der Waals surface area contributed by atoms with Gasteiger partial charge in [-0.15, -0.1) is 0 Å². The average molecular weight is 347 g/mol. The molecule has 0 saturated heterocycles. The first-order chi connectivity index (χ1) is 9.97. The van der Waals surface area contributed by atoms with Crippen molar-refractivity contribution in [3.05, 3.63) is 0 Å². The van der Waals surface area contributed by atoms with Gasteiger partial charge in [0, 0.05) is 0 Å². The largest absolute Gasteiger partial charge is 1.00 e. The molecule has 0 rings (SSSR count). The van der Waals surface area contributed by atoms with Crippen molar-refractivity contribution in [1.82, 2.24) is 0 Å². The average Bonchev–Trinajstić information content (AvgIpc) is 2.44. The van der Waals surface area contributed by atoms with Gasteiger partial charge < -0.3 is 4.55 Å². The Kier molecular flexibility index (Phi) is 27.5. The molecule has 0 aromatic heterocycles. The Morgan fingerprint density at radius 1 is 0.682 bits per heavy atom. The van der Waals surface area contributed by atoms with Crippen molar-refractivity contribution in [2.75, 3.05) is 6.61 Å². The summed E-state index contributed by atoms with van der Waals surface area (Å²) < 4.78 is 34.5. The van der Waals surface area contributed by atoms with Gasteiger partial charge in [0.15, 0.2) is 0 Å².